The van der Waals surface area contributed by atoms with Crippen LogP contribution in [0.2, 0.25) is 0 Å². The molecule has 0 aromatic heterocycles. The summed E-state index contributed by atoms with van der Waals surface area (Å²) in [5, 5.41) is 9.10. The van der Waals surface area contributed by atoms with Gasteiger partial charge < -0.3 is 10.0 Å². The number of hydrogen-bond acceptors (Lipinski definition) is 2. The number of carbonyl (C=O) groups is 2. The van der Waals surface area contributed by atoms with Crippen LogP contribution in [-0.4, -0.2) is 35.0 Å². The number of hydrogen-bond donors (Lipinski definition) is 1. The van der Waals surface area contributed by atoms with Crippen LogP contribution < -0.4 is 0 Å². The van der Waals surface area contributed by atoms with E-state index in [1.807, 2.05) is 6.92 Å². The summed E-state index contributed by atoms with van der Waals surface area (Å²) in [6.45, 7) is 4.93. The van der Waals surface area contributed by atoms with E-state index in [1.165, 1.54) is 5.56 Å². The van der Waals surface area contributed by atoms with E-state index in [4.69, 9.17) is 5.11 Å². The Morgan fingerprint density at radius 2 is 1.81 bits per heavy atom. The minimum atomic E-state index is -0.798. The Balaban J connectivity index is 1.86. The van der Waals surface area contributed by atoms with Crippen molar-refractivity contribution in [3.8, 4) is 0 Å². The lowest BCUT2D eigenvalue weighted by Gasteiger charge is -2.15. The van der Waals surface area contributed by atoms with Gasteiger partial charge in [-0.15, -0.1) is 0 Å². The van der Waals surface area contributed by atoms with Gasteiger partial charge in [-0.05, 0) is 29.9 Å². The first-order valence-corrected chi connectivity index (χ1v) is 7.59. The van der Waals surface area contributed by atoms with E-state index in [1.54, 1.807) is 4.90 Å². The van der Waals surface area contributed by atoms with E-state index < -0.39 is 11.9 Å². The molecule has 2 rings (SSSR count). The van der Waals surface area contributed by atoms with Crippen molar-refractivity contribution in [1.29, 1.82) is 0 Å². The first kappa shape index (κ1) is 15.5. The van der Waals surface area contributed by atoms with Gasteiger partial charge in [0.25, 0.3) is 0 Å². The quantitative estimate of drug-likeness (QED) is 0.905. The van der Waals surface area contributed by atoms with E-state index in [9.17, 15) is 9.59 Å². The number of rotatable bonds is 5. The molecule has 1 aliphatic rings. The van der Waals surface area contributed by atoms with Gasteiger partial charge in [0.2, 0.25) is 5.91 Å². The van der Waals surface area contributed by atoms with Crippen LogP contribution in [0.15, 0.2) is 24.3 Å². The third-order valence-electron chi connectivity index (χ3n) is 4.34. The SMILES string of the molecule is CCc1ccc(CCC(=O)N2C[C@@H](C)[C@H](C(=O)O)C2)cc1. The number of carbonyl (C=O) groups excluding carboxylic acids is 1. The number of nitrogens with zero attached hydrogens (tertiary/aromatic N) is 1. The fourth-order valence-corrected chi connectivity index (χ4v) is 2.84. The van der Waals surface area contributed by atoms with Crippen molar-refractivity contribution in [2.75, 3.05) is 13.1 Å². The maximum atomic E-state index is 12.2. The molecule has 1 heterocycles. The van der Waals surface area contributed by atoms with Crippen molar-refractivity contribution in [1.82, 2.24) is 4.90 Å². The van der Waals surface area contributed by atoms with Gasteiger partial charge >= 0.3 is 5.97 Å². The van der Waals surface area contributed by atoms with Crippen LogP contribution in [0, 0.1) is 11.8 Å². The van der Waals surface area contributed by atoms with Crippen LogP contribution in [0.25, 0.3) is 0 Å². The summed E-state index contributed by atoms with van der Waals surface area (Å²) in [6.07, 6.45) is 2.18. The summed E-state index contributed by atoms with van der Waals surface area (Å²) in [7, 11) is 0. The Morgan fingerprint density at radius 3 is 2.33 bits per heavy atom. The van der Waals surface area contributed by atoms with Crippen molar-refractivity contribution in [3.63, 3.8) is 0 Å². The van der Waals surface area contributed by atoms with Crippen molar-refractivity contribution in [2.24, 2.45) is 11.8 Å². The first-order valence-electron chi connectivity index (χ1n) is 7.59. The number of aryl methyl sites for hydroxylation is 2. The predicted octanol–water partition coefficient (Wildman–Crippen LogP) is 2.36. The molecule has 0 spiro atoms. The molecule has 0 saturated carbocycles. The van der Waals surface area contributed by atoms with Crippen LogP contribution in [0.4, 0.5) is 0 Å². The fraction of sp³-hybridized carbons (Fsp3) is 0.529. The van der Waals surface area contributed by atoms with Gasteiger partial charge in [-0.3, -0.25) is 9.59 Å². The van der Waals surface area contributed by atoms with Crippen LogP contribution in [0.1, 0.15) is 31.4 Å². The zero-order valence-corrected chi connectivity index (χ0v) is 12.7. The molecule has 1 amide bonds. The molecule has 2 atom stereocenters. The highest BCUT2D eigenvalue weighted by Gasteiger charge is 2.36. The lowest BCUT2D eigenvalue weighted by atomic mass is 9.99. The second kappa shape index (κ2) is 6.74. The molecule has 4 heteroatoms. The number of carboxylic acids is 1. The molecule has 0 aliphatic carbocycles. The van der Waals surface area contributed by atoms with Crippen molar-refractivity contribution in [2.45, 2.75) is 33.1 Å². The summed E-state index contributed by atoms with van der Waals surface area (Å²) in [4.78, 5) is 25.0. The Kier molecular flexibility index (Phi) is 4.99. The van der Waals surface area contributed by atoms with Crippen molar-refractivity contribution in [3.05, 3.63) is 35.4 Å². The predicted molar refractivity (Wildman–Crippen MR) is 81.0 cm³/mol. The molecule has 1 aromatic carbocycles. The second-order valence-corrected chi connectivity index (χ2v) is 5.89. The third kappa shape index (κ3) is 3.84. The van der Waals surface area contributed by atoms with Gasteiger partial charge in [-0.25, -0.2) is 0 Å². The number of benzene rings is 1. The normalized spacial score (nSPS) is 21.5. The molecule has 0 radical (unpaired) electrons. The minimum Gasteiger partial charge on any atom is -0.481 e. The number of likely N-dealkylation sites (tertiary alicyclic amines) is 1. The highest BCUT2D eigenvalue weighted by Crippen LogP contribution is 2.24. The maximum Gasteiger partial charge on any atom is 0.308 e. The molecule has 1 fully saturated rings. The second-order valence-electron chi connectivity index (χ2n) is 5.89. The molecule has 1 saturated heterocycles. The third-order valence-corrected chi connectivity index (χ3v) is 4.34. The molecule has 0 bridgehead atoms. The topological polar surface area (TPSA) is 57.6 Å². The lowest BCUT2D eigenvalue weighted by Crippen LogP contribution is -2.30. The van der Waals surface area contributed by atoms with Crippen LogP contribution in [0.3, 0.4) is 0 Å². The Morgan fingerprint density at radius 1 is 1.19 bits per heavy atom. The monoisotopic (exact) mass is 289 g/mol. The number of aliphatic carboxylic acids is 1. The van der Waals surface area contributed by atoms with Crippen LogP contribution in [-0.2, 0) is 22.4 Å². The molecule has 21 heavy (non-hydrogen) atoms. The van der Waals surface area contributed by atoms with Crippen LogP contribution in [0.5, 0.6) is 0 Å². The smallest absolute Gasteiger partial charge is 0.308 e. The van der Waals surface area contributed by atoms with E-state index in [2.05, 4.69) is 31.2 Å². The van der Waals surface area contributed by atoms with E-state index in [0.717, 1.165) is 12.0 Å². The first-order chi connectivity index (χ1) is 10.0. The summed E-state index contributed by atoms with van der Waals surface area (Å²) in [5.41, 5.74) is 2.45. The average Bonchev–Trinajstić information content (AvgIpc) is 2.87. The fourth-order valence-electron chi connectivity index (χ4n) is 2.84. The minimum absolute atomic E-state index is 0.0373. The molecule has 1 aliphatic heterocycles. The summed E-state index contributed by atoms with van der Waals surface area (Å²) in [5.74, 6) is -1.12. The molecule has 4 nitrogen and oxygen atoms in total. The zero-order chi connectivity index (χ0) is 15.4. The van der Waals surface area contributed by atoms with E-state index >= 15 is 0 Å². The number of amides is 1. The van der Waals surface area contributed by atoms with E-state index in [-0.39, 0.29) is 11.8 Å². The largest absolute Gasteiger partial charge is 0.481 e. The highest BCUT2D eigenvalue weighted by atomic mass is 16.4. The number of carboxylic acid groups (broad SMARTS) is 1. The average molecular weight is 289 g/mol. The van der Waals surface area contributed by atoms with Crippen molar-refractivity contribution >= 4 is 11.9 Å². The highest BCUT2D eigenvalue weighted by molar-refractivity contribution is 5.79. The Hall–Kier alpha value is -1.84. The summed E-state index contributed by atoms with van der Waals surface area (Å²) >= 11 is 0. The van der Waals surface area contributed by atoms with Gasteiger partial charge in [0.1, 0.15) is 0 Å². The summed E-state index contributed by atoms with van der Waals surface area (Å²) < 4.78 is 0. The van der Waals surface area contributed by atoms with E-state index in [0.29, 0.717) is 25.9 Å². The van der Waals surface area contributed by atoms with Crippen LogP contribution >= 0.6 is 0 Å². The maximum absolute atomic E-state index is 12.2. The van der Waals surface area contributed by atoms with Gasteiger partial charge in [-0.2, -0.15) is 0 Å². The van der Waals surface area contributed by atoms with Gasteiger partial charge in [-0.1, -0.05) is 38.1 Å². The standard InChI is InChI=1S/C17H23NO3/c1-3-13-4-6-14(7-5-13)8-9-16(19)18-10-12(2)15(11-18)17(20)21/h4-7,12,15H,3,8-11H2,1-2H3,(H,20,21)/t12-,15-/m1/s1. The zero-order valence-electron chi connectivity index (χ0n) is 12.7. The Bertz CT molecular complexity index is 509. The molecule has 1 aromatic rings. The molecular formula is C17H23NO3. The molecule has 1 N–H and O–H groups in total. The lowest BCUT2D eigenvalue weighted by molar-refractivity contribution is -0.142. The van der Waals surface area contributed by atoms with Gasteiger partial charge in [0.05, 0.1) is 5.92 Å². The molecule has 114 valence electrons. The Labute approximate surface area is 125 Å². The van der Waals surface area contributed by atoms with Crippen molar-refractivity contribution < 1.29 is 14.7 Å². The molecule has 0 unspecified atom stereocenters. The summed E-state index contributed by atoms with van der Waals surface area (Å²) in [6, 6.07) is 8.33. The van der Waals surface area contributed by atoms with Gasteiger partial charge in [0, 0.05) is 19.5 Å². The van der Waals surface area contributed by atoms with Gasteiger partial charge in [0.15, 0.2) is 0 Å². The molecular weight excluding hydrogens is 266 g/mol.